The molecule has 0 fully saturated rings. The molecular weight excluding hydrogens is 418 g/mol. The lowest BCUT2D eigenvalue weighted by molar-refractivity contribution is -0.133. The van der Waals surface area contributed by atoms with Crippen LogP contribution in [0, 0.1) is 6.92 Å². The van der Waals surface area contributed by atoms with Gasteiger partial charge in [0.2, 0.25) is 10.0 Å². The van der Waals surface area contributed by atoms with Crippen LogP contribution >= 0.6 is 22.9 Å². The van der Waals surface area contributed by atoms with Crippen LogP contribution in [0.4, 0.5) is 0 Å². The summed E-state index contributed by atoms with van der Waals surface area (Å²) in [5, 5.41) is 2.94. The van der Waals surface area contributed by atoms with Crippen molar-refractivity contribution >= 4 is 38.9 Å². The van der Waals surface area contributed by atoms with E-state index in [-0.39, 0.29) is 17.9 Å². The zero-order valence-corrected chi connectivity index (χ0v) is 17.4. The lowest BCUT2D eigenvalue weighted by atomic mass is 10.1. The maximum absolute atomic E-state index is 12.2. The highest BCUT2D eigenvalue weighted by atomic mass is 35.5. The molecule has 2 aromatic carbocycles. The minimum absolute atomic E-state index is 0.0401. The fraction of sp³-hybridized carbons (Fsp3) is 0.150. The highest BCUT2D eigenvalue weighted by Crippen LogP contribution is 2.32. The van der Waals surface area contributed by atoms with Crippen LogP contribution in [0.5, 0.6) is 5.06 Å². The summed E-state index contributed by atoms with van der Waals surface area (Å²) in [5.74, 6) is -0.508. The molecule has 1 N–H and O–H groups in total. The van der Waals surface area contributed by atoms with Gasteiger partial charge in [0, 0.05) is 23.0 Å². The van der Waals surface area contributed by atoms with Gasteiger partial charge < -0.3 is 4.74 Å². The molecule has 1 aromatic heterocycles. The number of benzene rings is 2. The smallest absolute Gasteiger partial charge is 0.313 e. The SMILES string of the molecule is Cc1ccc(S(=O)(=O)NCCC(=O)Oc2cc(-c3cccc(Cl)c3)cs2)cc1. The topological polar surface area (TPSA) is 72.5 Å². The first kappa shape index (κ1) is 20.5. The summed E-state index contributed by atoms with van der Waals surface area (Å²) in [7, 11) is -3.65. The Morgan fingerprint density at radius 3 is 2.57 bits per heavy atom. The number of thiophene rings is 1. The maximum Gasteiger partial charge on any atom is 0.313 e. The first-order chi connectivity index (χ1) is 13.3. The molecule has 28 heavy (non-hydrogen) atoms. The van der Waals surface area contributed by atoms with E-state index in [1.165, 1.54) is 23.5 Å². The van der Waals surface area contributed by atoms with Gasteiger partial charge in [0.05, 0.1) is 11.3 Å². The van der Waals surface area contributed by atoms with Crippen LogP contribution in [0.2, 0.25) is 5.02 Å². The number of ether oxygens (including phenoxy) is 1. The highest BCUT2D eigenvalue weighted by Gasteiger charge is 2.15. The molecular formula is C20H18ClNO4S2. The Hall–Kier alpha value is -2.19. The number of rotatable bonds is 7. The standard InChI is InChI=1S/C20H18ClNO4S2/c1-14-5-7-18(8-6-14)28(24,25)22-10-9-19(23)26-20-12-16(13-27-20)15-3-2-4-17(21)11-15/h2-8,11-13,22H,9-10H2,1H3. The van der Waals surface area contributed by atoms with Gasteiger partial charge in [-0.1, -0.05) is 41.4 Å². The van der Waals surface area contributed by atoms with E-state index in [4.69, 9.17) is 16.3 Å². The zero-order valence-electron chi connectivity index (χ0n) is 15.0. The van der Waals surface area contributed by atoms with Crippen molar-refractivity contribution in [1.82, 2.24) is 4.72 Å². The average Bonchev–Trinajstić information content (AvgIpc) is 3.10. The predicted molar refractivity (Wildman–Crippen MR) is 111 cm³/mol. The van der Waals surface area contributed by atoms with Crippen LogP contribution in [-0.4, -0.2) is 20.9 Å². The van der Waals surface area contributed by atoms with E-state index in [0.717, 1.165) is 16.7 Å². The Morgan fingerprint density at radius 2 is 1.86 bits per heavy atom. The van der Waals surface area contributed by atoms with Crippen LogP contribution in [0.15, 0.2) is 64.9 Å². The number of esters is 1. The summed E-state index contributed by atoms with van der Waals surface area (Å²) in [5.41, 5.74) is 2.79. The van der Waals surface area contributed by atoms with Crippen LogP contribution in [0.25, 0.3) is 11.1 Å². The summed E-state index contributed by atoms with van der Waals surface area (Å²) in [6, 6.07) is 15.6. The van der Waals surface area contributed by atoms with Crippen molar-refractivity contribution in [2.24, 2.45) is 0 Å². The van der Waals surface area contributed by atoms with E-state index in [9.17, 15) is 13.2 Å². The fourth-order valence-corrected chi connectivity index (χ4v) is 4.45. The lowest BCUT2D eigenvalue weighted by Gasteiger charge is -2.06. The number of nitrogens with one attached hydrogen (secondary N) is 1. The van der Waals surface area contributed by atoms with Crippen molar-refractivity contribution in [2.75, 3.05) is 6.54 Å². The van der Waals surface area contributed by atoms with Gasteiger partial charge in [-0.15, -0.1) is 11.3 Å². The molecule has 0 aliphatic heterocycles. The third kappa shape index (κ3) is 5.42. The number of hydrogen-bond acceptors (Lipinski definition) is 5. The molecule has 146 valence electrons. The normalized spacial score (nSPS) is 11.4. The molecule has 5 nitrogen and oxygen atoms in total. The molecule has 0 amide bonds. The van der Waals surface area contributed by atoms with Gasteiger partial charge in [-0.3, -0.25) is 4.79 Å². The van der Waals surface area contributed by atoms with E-state index in [1.807, 2.05) is 30.5 Å². The van der Waals surface area contributed by atoms with E-state index in [2.05, 4.69) is 4.72 Å². The minimum Gasteiger partial charge on any atom is -0.415 e. The van der Waals surface area contributed by atoms with E-state index < -0.39 is 16.0 Å². The van der Waals surface area contributed by atoms with Crippen molar-refractivity contribution in [2.45, 2.75) is 18.2 Å². The molecule has 3 aromatic rings. The Morgan fingerprint density at radius 1 is 1.11 bits per heavy atom. The third-order valence-electron chi connectivity index (χ3n) is 3.90. The van der Waals surface area contributed by atoms with E-state index in [1.54, 1.807) is 24.3 Å². The maximum atomic E-state index is 12.2. The number of halogens is 1. The number of hydrogen-bond donors (Lipinski definition) is 1. The summed E-state index contributed by atoms with van der Waals surface area (Å²) in [6.07, 6.45) is -0.0739. The second-order valence-electron chi connectivity index (χ2n) is 6.10. The summed E-state index contributed by atoms with van der Waals surface area (Å²) in [4.78, 5) is 12.2. The van der Waals surface area contributed by atoms with Crippen molar-refractivity contribution in [3.63, 3.8) is 0 Å². The molecule has 0 atom stereocenters. The first-order valence-electron chi connectivity index (χ1n) is 8.45. The Labute approximate surface area is 173 Å². The summed E-state index contributed by atoms with van der Waals surface area (Å²) in [6.45, 7) is 1.84. The summed E-state index contributed by atoms with van der Waals surface area (Å²) < 4.78 is 32.1. The molecule has 0 saturated heterocycles. The monoisotopic (exact) mass is 435 g/mol. The number of carbonyl (C=O) groups excluding carboxylic acids is 1. The predicted octanol–water partition coefficient (Wildman–Crippen LogP) is 4.65. The largest absolute Gasteiger partial charge is 0.415 e. The quantitative estimate of drug-likeness (QED) is 0.548. The second kappa shape index (κ2) is 8.87. The van der Waals surface area contributed by atoms with E-state index >= 15 is 0 Å². The van der Waals surface area contributed by atoms with E-state index in [0.29, 0.717) is 10.1 Å². The van der Waals surface area contributed by atoms with Gasteiger partial charge in [0.15, 0.2) is 5.06 Å². The Balaban J connectivity index is 1.53. The third-order valence-corrected chi connectivity index (χ3v) is 6.42. The molecule has 0 aliphatic carbocycles. The number of sulfonamides is 1. The molecule has 0 saturated carbocycles. The van der Waals surface area contributed by atoms with Crippen LogP contribution in [0.1, 0.15) is 12.0 Å². The fourth-order valence-electron chi connectivity index (χ4n) is 2.44. The van der Waals surface area contributed by atoms with Gasteiger partial charge >= 0.3 is 5.97 Å². The van der Waals surface area contributed by atoms with Gasteiger partial charge in [-0.2, -0.15) is 0 Å². The summed E-state index contributed by atoms with van der Waals surface area (Å²) >= 11 is 7.28. The molecule has 8 heteroatoms. The van der Waals surface area contributed by atoms with Crippen molar-refractivity contribution in [1.29, 1.82) is 0 Å². The molecule has 0 unspecified atom stereocenters. The van der Waals surface area contributed by atoms with Gasteiger partial charge in [-0.05, 0) is 42.3 Å². The van der Waals surface area contributed by atoms with Crippen LogP contribution < -0.4 is 9.46 Å². The Kier molecular flexibility index (Phi) is 6.51. The second-order valence-corrected chi connectivity index (χ2v) is 9.18. The van der Waals surface area contributed by atoms with Gasteiger partial charge in [0.25, 0.3) is 0 Å². The number of aryl methyl sites for hydroxylation is 1. The van der Waals surface area contributed by atoms with Crippen molar-refractivity contribution in [3.05, 3.63) is 70.6 Å². The first-order valence-corrected chi connectivity index (χ1v) is 11.2. The lowest BCUT2D eigenvalue weighted by Crippen LogP contribution is -2.27. The Bertz CT molecular complexity index is 1080. The molecule has 3 rings (SSSR count). The molecule has 0 spiro atoms. The zero-order chi connectivity index (χ0) is 20.1. The van der Waals surface area contributed by atoms with Gasteiger partial charge in [-0.25, -0.2) is 13.1 Å². The number of carbonyl (C=O) groups is 1. The molecule has 0 radical (unpaired) electrons. The van der Waals surface area contributed by atoms with Crippen molar-refractivity contribution in [3.8, 4) is 16.2 Å². The molecule has 0 bridgehead atoms. The van der Waals surface area contributed by atoms with Gasteiger partial charge in [0.1, 0.15) is 0 Å². The molecule has 1 heterocycles. The highest BCUT2D eigenvalue weighted by molar-refractivity contribution is 7.89. The van der Waals surface area contributed by atoms with Crippen LogP contribution in [-0.2, 0) is 14.8 Å². The molecule has 0 aliphatic rings. The minimum atomic E-state index is -3.65. The average molecular weight is 436 g/mol. The van der Waals surface area contributed by atoms with Crippen LogP contribution in [0.3, 0.4) is 0 Å². The van der Waals surface area contributed by atoms with Crippen molar-refractivity contribution < 1.29 is 17.9 Å².